The number of aromatic nitrogens is 1. The predicted molar refractivity (Wildman–Crippen MR) is 180 cm³/mol. The normalized spacial score (nSPS) is 28.1. The van der Waals surface area contributed by atoms with Crippen LogP contribution in [-0.2, 0) is 24.4 Å². The highest BCUT2D eigenvalue weighted by atomic mass is 32.2. The van der Waals surface area contributed by atoms with Crippen LogP contribution in [0.15, 0.2) is 54.7 Å². The number of ether oxygens (including phenoxy) is 1. The number of sulfonamides is 1. The van der Waals surface area contributed by atoms with Crippen molar-refractivity contribution in [3.8, 4) is 5.75 Å². The summed E-state index contributed by atoms with van der Waals surface area (Å²) in [5.41, 5.74) is -1.08. The third-order valence-corrected chi connectivity index (χ3v) is 11.9. The number of pyridine rings is 1. The van der Waals surface area contributed by atoms with Crippen molar-refractivity contribution < 1.29 is 41.8 Å². The molecule has 2 aliphatic carbocycles. The van der Waals surface area contributed by atoms with E-state index in [1.54, 1.807) is 6.20 Å². The summed E-state index contributed by atoms with van der Waals surface area (Å²) in [6.45, 7) is -0.179. The van der Waals surface area contributed by atoms with E-state index in [1.165, 1.54) is 17.0 Å². The van der Waals surface area contributed by atoms with Crippen LogP contribution in [0.4, 0.5) is 9.18 Å². The maximum absolute atomic E-state index is 15.6. The number of benzene rings is 2. The number of carbonyl (C=O) groups excluding carboxylic acids is 3. The molecule has 15 heteroatoms. The second-order valence-electron chi connectivity index (χ2n) is 13.6. The Labute approximate surface area is 287 Å². The molecule has 0 spiro atoms. The topological polar surface area (TPSA) is 184 Å². The molecule has 0 bridgehead atoms. The molecular formula is C35H38FN5O8S. The Bertz CT molecular complexity index is 2020. The Morgan fingerprint density at radius 1 is 1.08 bits per heavy atom. The van der Waals surface area contributed by atoms with Gasteiger partial charge >= 0.3 is 6.09 Å². The van der Waals surface area contributed by atoms with Crippen molar-refractivity contribution in [2.45, 2.75) is 86.8 Å². The first-order valence-corrected chi connectivity index (χ1v) is 18.5. The Balaban J connectivity index is 1.23. The van der Waals surface area contributed by atoms with E-state index in [1.807, 2.05) is 36.4 Å². The molecule has 2 aromatic carbocycles. The number of carboxylic acid groups (broad SMARTS) is 1. The highest BCUT2D eigenvalue weighted by molar-refractivity contribution is 7.91. The zero-order valence-corrected chi connectivity index (χ0v) is 28.0. The number of allylic oxidation sites excluding steroid dienone is 1. The maximum atomic E-state index is 15.6. The van der Waals surface area contributed by atoms with Crippen LogP contribution in [0, 0.1) is 11.7 Å². The van der Waals surface area contributed by atoms with Crippen molar-refractivity contribution in [3.63, 3.8) is 0 Å². The number of hydrogen-bond donors (Lipinski definition) is 4. The number of nitrogens with one attached hydrogen (secondary N) is 3. The molecule has 3 fully saturated rings. The Morgan fingerprint density at radius 2 is 1.88 bits per heavy atom. The number of amides is 4. The molecule has 4 aliphatic rings. The number of halogens is 1. The molecule has 2 saturated carbocycles. The highest BCUT2D eigenvalue weighted by Crippen LogP contribution is 2.46. The fourth-order valence-corrected chi connectivity index (χ4v) is 8.53. The quantitative estimate of drug-likeness (QED) is 0.220. The Kier molecular flexibility index (Phi) is 8.87. The van der Waals surface area contributed by atoms with Gasteiger partial charge in [0, 0.05) is 23.9 Å². The van der Waals surface area contributed by atoms with E-state index in [0.717, 1.165) is 11.8 Å². The SMILES string of the molecule is O=C(O)N[C@H]1CCCCC/C=C\[C@@H]2C[C@@]2(C(=O)NS(=O)(=O)C2CC2)NC(=O)[C@@H]2C[C@@H](Oc3c(F)ccc4ncc5ccccc5c34)CN2C1=O. The molecule has 5 atom stereocenters. The van der Waals surface area contributed by atoms with Crippen molar-refractivity contribution >= 4 is 55.5 Å². The first kappa shape index (κ1) is 33.7. The third kappa shape index (κ3) is 6.57. The minimum absolute atomic E-state index is 0.0962. The largest absolute Gasteiger partial charge is 0.485 e. The van der Waals surface area contributed by atoms with Gasteiger partial charge in [-0.2, -0.15) is 0 Å². The van der Waals surface area contributed by atoms with E-state index in [9.17, 15) is 32.7 Å². The van der Waals surface area contributed by atoms with Gasteiger partial charge in [-0.1, -0.05) is 49.3 Å². The zero-order valence-electron chi connectivity index (χ0n) is 27.1. The summed E-state index contributed by atoms with van der Waals surface area (Å²) in [6.07, 6.45) is 6.81. The maximum Gasteiger partial charge on any atom is 0.405 e. The summed E-state index contributed by atoms with van der Waals surface area (Å²) >= 11 is 0. The fraction of sp³-hybridized carbons (Fsp3) is 0.457. The second-order valence-corrected chi connectivity index (χ2v) is 15.6. The summed E-state index contributed by atoms with van der Waals surface area (Å²) in [4.78, 5) is 59.3. The molecule has 50 heavy (non-hydrogen) atoms. The van der Waals surface area contributed by atoms with Crippen LogP contribution in [-0.4, -0.2) is 82.7 Å². The van der Waals surface area contributed by atoms with Crippen LogP contribution in [0.2, 0.25) is 0 Å². The van der Waals surface area contributed by atoms with Gasteiger partial charge in [0.1, 0.15) is 23.7 Å². The van der Waals surface area contributed by atoms with Gasteiger partial charge in [-0.3, -0.25) is 24.1 Å². The molecule has 13 nitrogen and oxygen atoms in total. The average molecular weight is 708 g/mol. The molecule has 3 heterocycles. The lowest BCUT2D eigenvalue weighted by molar-refractivity contribution is -0.141. The molecule has 7 rings (SSSR count). The predicted octanol–water partition coefficient (Wildman–Crippen LogP) is 3.52. The van der Waals surface area contributed by atoms with Gasteiger partial charge in [0.05, 0.1) is 22.7 Å². The van der Waals surface area contributed by atoms with E-state index in [2.05, 4.69) is 20.3 Å². The first-order chi connectivity index (χ1) is 24.0. The van der Waals surface area contributed by atoms with Crippen LogP contribution in [0.5, 0.6) is 5.75 Å². The highest BCUT2D eigenvalue weighted by Gasteiger charge is 2.62. The van der Waals surface area contributed by atoms with Gasteiger partial charge in [-0.25, -0.2) is 17.6 Å². The molecule has 264 valence electrons. The van der Waals surface area contributed by atoms with Gasteiger partial charge in [0.25, 0.3) is 5.91 Å². The first-order valence-electron chi connectivity index (χ1n) is 16.9. The van der Waals surface area contributed by atoms with Crippen molar-refractivity contribution in [2.24, 2.45) is 5.92 Å². The van der Waals surface area contributed by atoms with Crippen molar-refractivity contribution in [3.05, 3.63) is 60.6 Å². The lowest BCUT2D eigenvalue weighted by Crippen LogP contribution is -2.58. The van der Waals surface area contributed by atoms with Crippen molar-refractivity contribution in [1.82, 2.24) is 25.2 Å². The molecular weight excluding hydrogens is 669 g/mol. The van der Waals surface area contributed by atoms with Crippen LogP contribution in [0.25, 0.3) is 21.7 Å². The molecule has 4 N–H and O–H groups in total. The van der Waals surface area contributed by atoms with E-state index in [-0.39, 0.29) is 31.6 Å². The fourth-order valence-electron chi connectivity index (χ4n) is 7.17. The van der Waals surface area contributed by atoms with Crippen LogP contribution < -0.4 is 20.1 Å². The molecule has 1 aromatic heterocycles. The number of rotatable bonds is 6. The van der Waals surface area contributed by atoms with Gasteiger partial charge < -0.3 is 25.4 Å². The van der Waals surface area contributed by atoms with Gasteiger partial charge in [-0.15, -0.1) is 0 Å². The van der Waals surface area contributed by atoms with Gasteiger partial charge in [0.2, 0.25) is 21.8 Å². The molecule has 1 saturated heterocycles. The number of carbonyl (C=O) groups is 4. The lowest BCUT2D eigenvalue weighted by atomic mass is 10.0. The van der Waals surface area contributed by atoms with E-state index >= 15 is 4.39 Å². The van der Waals surface area contributed by atoms with E-state index in [4.69, 9.17) is 4.74 Å². The van der Waals surface area contributed by atoms with Gasteiger partial charge in [0.15, 0.2) is 11.6 Å². The summed E-state index contributed by atoms with van der Waals surface area (Å²) in [6, 6.07) is 7.66. The molecule has 0 unspecified atom stereocenters. The van der Waals surface area contributed by atoms with Crippen LogP contribution >= 0.6 is 0 Å². The van der Waals surface area contributed by atoms with E-state index in [0.29, 0.717) is 48.4 Å². The molecule has 4 amide bonds. The second kappa shape index (κ2) is 13.2. The minimum Gasteiger partial charge on any atom is -0.485 e. The Hall–Kier alpha value is -4.79. The number of nitrogens with zero attached hydrogens (tertiary/aromatic N) is 2. The molecule has 3 aromatic rings. The summed E-state index contributed by atoms with van der Waals surface area (Å²) in [7, 11) is -3.92. The average Bonchev–Trinajstić information content (AvgIpc) is 4.01. The van der Waals surface area contributed by atoms with Crippen LogP contribution in [0.3, 0.4) is 0 Å². The van der Waals surface area contributed by atoms with Crippen molar-refractivity contribution in [1.29, 1.82) is 0 Å². The van der Waals surface area contributed by atoms with Gasteiger partial charge in [-0.05, 0) is 56.0 Å². The third-order valence-electron chi connectivity index (χ3n) is 10.1. The zero-order chi connectivity index (χ0) is 35.2. The number of hydrogen-bond acceptors (Lipinski definition) is 8. The smallest absolute Gasteiger partial charge is 0.405 e. The summed E-state index contributed by atoms with van der Waals surface area (Å²) in [5.74, 6) is -3.46. The summed E-state index contributed by atoms with van der Waals surface area (Å²) < 4.78 is 49.5. The Morgan fingerprint density at radius 3 is 2.66 bits per heavy atom. The van der Waals surface area contributed by atoms with E-state index < -0.39 is 74.5 Å². The minimum atomic E-state index is -3.92. The number of fused-ring (bicyclic) bond motifs is 5. The molecule has 2 aliphatic heterocycles. The molecule has 0 radical (unpaired) electrons. The summed E-state index contributed by atoms with van der Waals surface area (Å²) in [5, 5.41) is 15.9. The van der Waals surface area contributed by atoms with Crippen molar-refractivity contribution in [2.75, 3.05) is 6.54 Å². The lowest BCUT2D eigenvalue weighted by Gasteiger charge is -2.29. The monoisotopic (exact) mass is 707 g/mol. The standard InChI is InChI=1S/C35H38FN5O8S/c36-25-14-15-26-29(24-10-7-6-8-20(24)18-37-26)30(25)49-22-16-28-31(42)39-35(33(44)40-50(47,48)23-12-13-23)17-21(35)9-4-2-1-3-5-11-27(38-34(45)46)32(43)41(28)19-22/h4,6-10,14-15,18,21-23,27-28,38H,1-3,5,11-13,16-17,19H2,(H,39,42)(H,40,44)(H,45,46)/b9-4-/t21-,22-,27+,28+,35-/m1/s1. The van der Waals surface area contributed by atoms with Crippen LogP contribution in [0.1, 0.15) is 57.8 Å².